The third-order valence-electron chi connectivity index (χ3n) is 4.66. The number of methoxy groups -OCH3 is 2. The van der Waals surface area contributed by atoms with Crippen molar-refractivity contribution in [3.05, 3.63) is 53.8 Å². The molecule has 1 N–H and O–H groups in total. The molecule has 0 aromatic heterocycles. The molecule has 5 heteroatoms. The van der Waals surface area contributed by atoms with E-state index in [-0.39, 0.29) is 5.82 Å². The van der Waals surface area contributed by atoms with Crippen LogP contribution < -0.4 is 14.8 Å². The Labute approximate surface area is 148 Å². The van der Waals surface area contributed by atoms with Crippen LogP contribution in [0, 0.1) is 5.82 Å². The summed E-state index contributed by atoms with van der Waals surface area (Å²) in [5.74, 6) is 1.30. The number of ether oxygens (including phenoxy) is 2. The summed E-state index contributed by atoms with van der Waals surface area (Å²) in [6.45, 7) is 2.94. The number of hydrogen-bond acceptors (Lipinski definition) is 4. The fraction of sp³-hybridized carbons (Fsp3) is 0.400. The summed E-state index contributed by atoms with van der Waals surface area (Å²) in [5.41, 5.74) is 2.21. The van der Waals surface area contributed by atoms with Gasteiger partial charge in [-0.25, -0.2) is 4.39 Å². The molecule has 134 valence electrons. The Balaban J connectivity index is 1.51. The maximum Gasteiger partial charge on any atom is 0.162 e. The largest absolute Gasteiger partial charge is 0.493 e. The van der Waals surface area contributed by atoms with Crippen molar-refractivity contribution >= 4 is 5.69 Å². The van der Waals surface area contributed by atoms with Crippen LogP contribution in [0.3, 0.4) is 0 Å². The van der Waals surface area contributed by atoms with Gasteiger partial charge >= 0.3 is 0 Å². The van der Waals surface area contributed by atoms with Gasteiger partial charge in [0.15, 0.2) is 11.5 Å². The second-order valence-electron chi connectivity index (χ2n) is 6.39. The lowest BCUT2D eigenvalue weighted by molar-refractivity contribution is 0.211. The lowest BCUT2D eigenvalue weighted by Crippen LogP contribution is -2.38. The number of halogens is 1. The Bertz CT molecular complexity index is 683. The molecule has 0 radical (unpaired) electrons. The third kappa shape index (κ3) is 4.63. The lowest BCUT2D eigenvalue weighted by atomic mass is 10.0. The summed E-state index contributed by atoms with van der Waals surface area (Å²) >= 11 is 0. The van der Waals surface area contributed by atoms with Gasteiger partial charge in [0.2, 0.25) is 0 Å². The highest BCUT2D eigenvalue weighted by Crippen LogP contribution is 2.30. The van der Waals surface area contributed by atoms with Crippen LogP contribution in [0.15, 0.2) is 42.5 Å². The second kappa shape index (κ2) is 8.21. The molecule has 1 fully saturated rings. The molecule has 0 atom stereocenters. The first-order chi connectivity index (χ1) is 12.2. The number of hydrogen-bond donors (Lipinski definition) is 1. The van der Waals surface area contributed by atoms with E-state index in [0.29, 0.717) is 6.04 Å². The maximum atomic E-state index is 13.0. The fourth-order valence-corrected chi connectivity index (χ4v) is 3.25. The van der Waals surface area contributed by atoms with Crippen molar-refractivity contribution < 1.29 is 13.9 Å². The van der Waals surface area contributed by atoms with Crippen LogP contribution in [0.4, 0.5) is 10.1 Å². The van der Waals surface area contributed by atoms with Crippen molar-refractivity contribution in [2.24, 2.45) is 0 Å². The summed E-state index contributed by atoms with van der Waals surface area (Å²) in [6, 6.07) is 13.2. The quantitative estimate of drug-likeness (QED) is 0.861. The van der Waals surface area contributed by atoms with Crippen LogP contribution in [0.25, 0.3) is 0 Å². The molecule has 3 rings (SSSR count). The van der Waals surface area contributed by atoms with E-state index >= 15 is 0 Å². The number of piperidine rings is 1. The molecule has 1 saturated heterocycles. The molecule has 2 aromatic carbocycles. The number of anilines is 1. The molecule has 4 nitrogen and oxygen atoms in total. The predicted molar refractivity (Wildman–Crippen MR) is 97.9 cm³/mol. The van der Waals surface area contributed by atoms with Crippen LogP contribution >= 0.6 is 0 Å². The highest BCUT2D eigenvalue weighted by molar-refractivity contribution is 5.55. The summed E-state index contributed by atoms with van der Waals surface area (Å²) in [7, 11) is 3.29. The van der Waals surface area contributed by atoms with Crippen LogP contribution in [-0.4, -0.2) is 38.3 Å². The molecule has 0 amide bonds. The molecule has 1 aliphatic heterocycles. The van der Waals surface area contributed by atoms with Gasteiger partial charge in [-0.15, -0.1) is 0 Å². The fourth-order valence-electron chi connectivity index (χ4n) is 3.25. The normalized spacial score (nSPS) is 15.8. The molecule has 1 heterocycles. The summed E-state index contributed by atoms with van der Waals surface area (Å²) in [6.07, 6.45) is 2.16. The van der Waals surface area contributed by atoms with Crippen LogP contribution in [0.5, 0.6) is 11.5 Å². The Morgan fingerprint density at radius 1 is 1.00 bits per heavy atom. The standard InChI is InChI=1S/C20H25FN2O2/c1-24-19-8-7-18(13-20(19)25-2)22-17-9-11-23(12-10-17)14-15-3-5-16(21)6-4-15/h3-8,13,17,22H,9-12,14H2,1-2H3. The van der Waals surface area contributed by atoms with Crippen molar-refractivity contribution in [1.29, 1.82) is 0 Å². The van der Waals surface area contributed by atoms with Gasteiger partial charge in [0.25, 0.3) is 0 Å². The van der Waals surface area contributed by atoms with Gasteiger partial charge in [-0.3, -0.25) is 4.90 Å². The van der Waals surface area contributed by atoms with Gasteiger partial charge < -0.3 is 14.8 Å². The minimum absolute atomic E-state index is 0.179. The zero-order valence-electron chi connectivity index (χ0n) is 14.8. The third-order valence-corrected chi connectivity index (χ3v) is 4.66. The highest BCUT2D eigenvalue weighted by Gasteiger charge is 2.19. The average molecular weight is 344 g/mol. The number of nitrogens with zero attached hydrogens (tertiary/aromatic N) is 1. The minimum atomic E-state index is -0.179. The molecule has 0 unspecified atom stereocenters. The minimum Gasteiger partial charge on any atom is -0.493 e. The Hall–Kier alpha value is -2.27. The van der Waals surface area contributed by atoms with Crippen molar-refractivity contribution in [2.45, 2.75) is 25.4 Å². The summed E-state index contributed by atoms with van der Waals surface area (Å²) in [4.78, 5) is 2.42. The summed E-state index contributed by atoms with van der Waals surface area (Å²) < 4.78 is 23.6. The van der Waals surface area contributed by atoms with Gasteiger partial charge in [0, 0.05) is 37.4 Å². The Kier molecular flexibility index (Phi) is 5.76. The van der Waals surface area contributed by atoms with Crippen LogP contribution in [-0.2, 0) is 6.54 Å². The number of nitrogens with one attached hydrogen (secondary N) is 1. The van der Waals surface area contributed by atoms with E-state index in [4.69, 9.17) is 9.47 Å². The van der Waals surface area contributed by atoms with E-state index in [1.807, 2.05) is 30.3 Å². The van der Waals surface area contributed by atoms with E-state index in [1.54, 1.807) is 14.2 Å². The van der Waals surface area contributed by atoms with Crippen molar-refractivity contribution in [1.82, 2.24) is 4.90 Å². The van der Waals surface area contributed by atoms with Crippen LogP contribution in [0.1, 0.15) is 18.4 Å². The van der Waals surface area contributed by atoms with Gasteiger partial charge in [-0.1, -0.05) is 12.1 Å². The molecule has 0 bridgehead atoms. The lowest BCUT2D eigenvalue weighted by Gasteiger charge is -2.33. The van der Waals surface area contributed by atoms with Gasteiger partial charge in [-0.05, 0) is 42.7 Å². The number of likely N-dealkylation sites (tertiary alicyclic amines) is 1. The smallest absolute Gasteiger partial charge is 0.162 e. The number of benzene rings is 2. The molecule has 2 aromatic rings. The highest BCUT2D eigenvalue weighted by atomic mass is 19.1. The molecule has 1 aliphatic rings. The zero-order valence-corrected chi connectivity index (χ0v) is 14.8. The van der Waals surface area contributed by atoms with E-state index < -0.39 is 0 Å². The molecule has 0 saturated carbocycles. The Morgan fingerprint density at radius 2 is 1.68 bits per heavy atom. The number of rotatable bonds is 6. The van der Waals surface area contributed by atoms with Crippen LogP contribution in [0.2, 0.25) is 0 Å². The average Bonchev–Trinajstić information content (AvgIpc) is 2.65. The first kappa shape index (κ1) is 17.5. The maximum absolute atomic E-state index is 13.0. The molecular weight excluding hydrogens is 319 g/mol. The van der Waals surface area contributed by atoms with E-state index in [1.165, 1.54) is 12.1 Å². The van der Waals surface area contributed by atoms with Gasteiger partial charge in [-0.2, -0.15) is 0 Å². The first-order valence-corrected chi connectivity index (χ1v) is 8.63. The molecule has 25 heavy (non-hydrogen) atoms. The monoisotopic (exact) mass is 344 g/mol. The molecular formula is C20H25FN2O2. The van der Waals surface area contributed by atoms with Crippen molar-refractivity contribution in [2.75, 3.05) is 32.6 Å². The molecule has 0 spiro atoms. The SMILES string of the molecule is COc1ccc(NC2CCN(Cc3ccc(F)cc3)CC2)cc1OC. The van der Waals surface area contributed by atoms with E-state index in [2.05, 4.69) is 10.2 Å². The topological polar surface area (TPSA) is 33.7 Å². The molecule has 0 aliphatic carbocycles. The van der Waals surface area contributed by atoms with Gasteiger partial charge in [0.05, 0.1) is 14.2 Å². The second-order valence-corrected chi connectivity index (χ2v) is 6.39. The zero-order chi connectivity index (χ0) is 17.6. The van der Waals surface area contributed by atoms with Crippen molar-refractivity contribution in [3.63, 3.8) is 0 Å². The first-order valence-electron chi connectivity index (χ1n) is 8.63. The predicted octanol–water partition coefficient (Wildman–Crippen LogP) is 3.92. The van der Waals surface area contributed by atoms with Gasteiger partial charge in [0.1, 0.15) is 5.82 Å². The van der Waals surface area contributed by atoms with E-state index in [0.717, 1.165) is 55.2 Å². The van der Waals surface area contributed by atoms with Crippen molar-refractivity contribution in [3.8, 4) is 11.5 Å². The Morgan fingerprint density at radius 3 is 2.32 bits per heavy atom. The summed E-state index contributed by atoms with van der Waals surface area (Å²) in [5, 5.41) is 3.59. The van der Waals surface area contributed by atoms with E-state index in [9.17, 15) is 4.39 Å².